The Balaban J connectivity index is 2.08. The summed E-state index contributed by atoms with van der Waals surface area (Å²) >= 11 is 0. The molecule has 1 rings (SSSR count). The summed E-state index contributed by atoms with van der Waals surface area (Å²) in [6, 6.07) is -0.821. The molecule has 0 aromatic carbocycles. The Hall–Kier alpha value is -1.85. The Kier molecular flexibility index (Phi) is 54.5. The maximum atomic E-state index is 13.1. The van der Waals surface area contributed by atoms with Crippen LogP contribution >= 0.6 is 0 Å². The third-order valence-electron chi connectivity index (χ3n) is 15.9. The Labute approximate surface area is 475 Å². The van der Waals surface area contributed by atoms with Crippen LogP contribution in [0.1, 0.15) is 322 Å². The topological polar surface area (TPSA) is 149 Å². The van der Waals surface area contributed by atoms with Crippen LogP contribution in [0.3, 0.4) is 0 Å². The number of hydrogen-bond donors (Lipinski definition) is 6. The van der Waals surface area contributed by atoms with E-state index in [0.29, 0.717) is 6.42 Å². The number of unbranched alkanes of at least 4 members (excludes halogenated alkanes) is 42. The van der Waals surface area contributed by atoms with Crippen LogP contribution in [0.25, 0.3) is 0 Å². The molecule has 9 nitrogen and oxygen atoms in total. The van der Waals surface area contributed by atoms with Crippen LogP contribution in [-0.2, 0) is 14.3 Å². The van der Waals surface area contributed by atoms with E-state index in [1.165, 1.54) is 257 Å². The molecule has 7 unspecified atom stereocenters. The predicted octanol–water partition coefficient (Wildman–Crippen LogP) is 17.6. The number of nitrogens with one attached hydrogen (secondary N) is 1. The normalized spacial score (nSPS) is 19.0. The van der Waals surface area contributed by atoms with E-state index in [-0.39, 0.29) is 12.5 Å². The first-order valence-electron chi connectivity index (χ1n) is 33.4. The molecule has 0 aliphatic carbocycles. The molecule has 0 bridgehead atoms. The van der Waals surface area contributed by atoms with Gasteiger partial charge in [-0.15, -0.1) is 0 Å². The average Bonchev–Trinajstić information content (AvgIpc) is 3.43. The highest BCUT2D eigenvalue weighted by Crippen LogP contribution is 2.23. The summed E-state index contributed by atoms with van der Waals surface area (Å²) in [7, 11) is 0. The average molecular weight is 1090 g/mol. The highest BCUT2D eigenvalue weighted by atomic mass is 16.7. The molecule has 0 spiro atoms. The molecule has 7 atom stereocenters. The van der Waals surface area contributed by atoms with Crippen molar-refractivity contribution in [3.63, 3.8) is 0 Å². The van der Waals surface area contributed by atoms with E-state index in [1.807, 2.05) is 6.08 Å². The quantitative estimate of drug-likeness (QED) is 0.0261. The van der Waals surface area contributed by atoms with Gasteiger partial charge in [0.1, 0.15) is 24.4 Å². The number of ether oxygens (including phenoxy) is 2. The lowest BCUT2D eigenvalue weighted by Gasteiger charge is -2.40. The van der Waals surface area contributed by atoms with Crippen LogP contribution in [0.15, 0.2) is 48.6 Å². The number of aliphatic hydroxyl groups excluding tert-OH is 5. The fourth-order valence-corrected chi connectivity index (χ4v) is 10.6. The summed E-state index contributed by atoms with van der Waals surface area (Å²) in [5.41, 5.74) is 0. The van der Waals surface area contributed by atoms with Gasteiger partial charge in [0, 0.05) is 6.42 Å². The molecule has 9 heteroatoms. The zero-order chi connectivity index (χ0) is 55.8. The van der Waals surface area contributed by atoms with Gasteiger partial charge in [-0.25, -0.2) is 0 Å². The van der Waals surface area contributed by atoms with E-state index in [1.54, 1.807) is 6.08 Å². The Morgan fingerprint density at radius 2 is 0.779 bits per heavy atom. The van der Waals surface area contributed by atoms with Gasteiger partial charge in [0.2, 0.25) is 5.91 Å². The zero-order valence-corrected chi connectivity index (χ0v) is 50.5. The van der Waals surface area contributed by atoms with Gasteiger partial charge in [-0.3, -0.25) is 4.79 Å². The maximum absolute atomic E-state index is 13.1. The first kappa shape index (κ1) is 73.2. The van der Waals surface area contributed by atoms with Gasteiger partial charge in [-0.1, -0.05) is 300 Å². The lowest BCUT2D eigenvalue weighted by Crippen LogP contribution is -2.60. The minimum atomic E-state index is -1.57. The molecule has 1 saturated heterocycles. The molecular weight excluding hydrogens is 959 g/mol. The van der Waals surface area contributed by atoms with Crippen molar-refractivity contribution in [2.45, 2.75) is 365 Å². The van der Waals surface area contributed by atoms with Gasteiger partial charge in [0.25, 0.3) is 0 Å². The molecule has 0 radical (unpaired) electrons. The van der Waals surface area contributed by atoms with E-state index < -0.39 is 49.5 Å². The highest BCUT2D eigenvalue weighted by Gasteiger charge is 2.44. The van der Waals surface area contributed by atoms with Crippen LogP contribution < -0.4 is 5.32 Å². The van der Waals surface area contributed by atoms with Crippen molar-refractivity contribution in [3.8, 4) is 0 Å². The van der Waals surface area contributed by atoms with Crippen molar-refractivity contribution in [2.75, 3.05) is 13.2 Å². The summed E-state index contributed by atoms with van der Waals surface area (Å²) in [6.45, 7) is 3.78. The summed E-state index contributed by atoms with van der Waals surface area (Å²) in [5.74, 6) is -0.181. The molecule has 1 fully saturated rings. The summed E-state index contributed by atoms with van der Waals surface area (Å²) < 4.78 is 11.3. The molecule has 6 N–H and O–H groups in total. The van der Waals surface area contributed by atoms with Crippen LogP contribution in [0.4, 0.5) is 0 Å². The molecule has 1 aliphatic heterocycles. The van der Waals surface area contributed by atoms with Crippen molar-refractivity contribution in [1.82, 2.24) is 5.32 Å². The number of hydrogen-bond acceptors (Lipinski definition) is 8. The lowest BCUT2D eigenvalue weighted by molar-refractivity contribution is -0.302. The van der Waals surface area contributed by atoms with Gasteiger partial charge < -0.3 is 40.3 Å². The van der Waals surface area contributed by atoms with E-state index in [4.69, 9.17) is 9.47 Å². The van der Waals surface area contributed by atoms with Crippen molar-refractivity contribution < 1.29 is 39.8 Å². The fraction of sp³-hybridized carbons (Fsp3) is 0.868. The maximum Gasteiger partial charge on any atom is 0.220 e. The van der Waals surface area contributed by atoms with Crippen LogP contribution in [0.5, 0.6) is 0 Å². The first-order chi connectivity index (χ1) is 37.8. The molecule has 452 valence electrons. The second-order valence-electron chi connectivity index (χ2n) is 23.3. The Bertz CT molecular complexity index is 1350. The smallest absolute Gasteiger partial charge is 0.220 e. The van der Waals surface area contributed by atoms with Gasteiger partial charge in [-0.2, -0.15) is 0 Å². The Morgan fingerprint density at radius 3 is 1.17 bits per heavy atom. The van der Waals surface area contributed by atoms with E-state index >= 15 is 0 Å². The zero-order valence-electron chi connectivity index (χ0n) is 50.5. The first-order valence-corrected chi connectivity index (χ1v) is 33.4. The van der Waals surface area contributed by atoms with Gasteiger partial charge in [0.15, 0.2) is 6.29 Å². The molecule has 1 heterocycles. The van der Waals surface area contributed by atoms with Crippen LogP contribution in [0.2, 0.25) is 0 Å². The molecular formula is C68H127NO8. The predicted molar refractivity (Wildman–Crippen MR) is 327 cm³/mol. The van der Waals surface area contributed by atoms with E-state index in [9.17, 15) is 30.3 Å². The summed E-state index contributed by atoms with van der Waals surface area (Å²) in [4.78, 5) is 13.1. The number of carbonyl (C=O) groups is 1. The van der Waals surface area contributed by atoms with Crippen molar-refractivity contribution >= 4 is 5.91 Å². The number of amides is 1. The van der Waals surface area contributed by atoms with Crippen LogP contribution in [0, 0.1) is 0 Å². The standard InChI is InChI=1S/C68H127NO8/c1-3-5-7-9-11-13-15-17-19-21-22-23-24-25-26-27-28-29-30-31-32-33-34-35-36-37-38-39-40-42-44-46-48-50-52-54-56-58-64(72)69-61(60-76-68-67(75)66(74)65(73)63(59-70)77-68)62(71)57-55-53-51-49-47-45-43-41-20-18-16-14-12-10-8-6-4-2/h15,17,21-22,47,49,55,57,61-63,65-68,70-71,73-75H,3-14,16,18-20,23-46,48,50-54,56,58-60H2,1-2H3,(H,69,72)/b17-15-,22-21-,49-47+,57-55+. The Morgan fingerprint density at radius 1 is 0.442 bits per heavy atom. The fourth-order valence-electron chi connectivity index (χ4n) is 10.6. The van der Waals surface area contributed by atoms with Gasteiger partial charge >= 0.3 is 0 Å². The van der Waals surface area contributed by atoms with E-state index in [0.717, 1.165) is 44.9 Å². The second kappa shape index (κ2) is 57.4. The van der Waals surface area contributed by atoms with Gasteiger partial charge in [0.05, 0.1) is 25.4 Å². The number of allylic oxidation sites excluding steroid dienone is 7. The third-order valence-corrected chi connectivity index (χ3v) is 15.9. The molecule has 1 amide bonds. The van der Waals surface area contributed by atoms with Crippen molar-refractivity contribution in [2.24, 2.45) is 0 Å². The van der Waals surface area contributed by atoms with Gasteiger partial charge in [-0.05, 0) is 64.2 Å². The van der Waals surface area contributed by atoms with Crippen molar-refractivity contribution in [1.29, 1.82) is 0 Å². The molecule has 0 aromatic heterocycles. The highest BCUT2D eigenvalue weighted by molar-refractivity contribution is 5.76. The molecule has 0 saturated carbocycles. The number of aliphatic hydroxyl groups is 5. The summed E-state index contributed by atoms with van der Waals surface area (Å²) in [5, 5.41) is 54.6. The molecule has 1 aliphatic rings. The van der Waals surface area contributed by atoms with Crippen LogP contribution in [-0.4, -0.2) is 87.5 Å². The summed E-state index contributed by atoms with van der Waals surface area (Å²) in [6.07, 6.45) is 70.8. The largest absolute Gasteiger partial charge is 0.394 e. The number of carbonyl (C=O) groups excluding carboxylic acids is 1. The second-order valence-corrected chi connectivity index (χ2v) is 23.3. The van der Waals surface area contributed by atoms with E-state index in [2.05, 4.69) is 55.6 Å². The minimum Gasteiger partial charge on any atom is -0.394 e. The minimum absolute atomic E-state index is 0.181. The van der Waals surface area contributed by atoms with Crippen molar-refractivity contribution in [3.05, 3.63) is 48.6 Å². The molecule has 77 heavy (non-hydrogen) atoms. The lowest BCUT2D eigenvalue weighted by atomic mass is 9.99. The number of rotatable bonds is 58. The molecule has 0 aromatic rings. The SMILES string of the molecule is CCCCCCC/C=C\C/C=C\CCCCCCCCCCCCCCCCCCCCCCCCCCCC(=O)NC(COC1OC(CO)C(O)C(O)C1O)C(O)/C=C/CC/C=C/CCCCCCCCCCCCC. The monoisotopic (exact) mass is 1090 g/mol. The third kappa shape index (κ3) is 46.5.